The zero-order chi connectivity index (χ0) is 23.8. The van der Waals surface area contributed by atoms with Crippen LogP contribution in [0.5, 0.6) is 5.75 Å². The van der Waals surface area contributed by atoms with Gasteiger partial charge in [0.25, 0.3) is 0 Å². The number of rotatable bonds is 7. The van der Waals surface area contributed by atoms with E-state index in [1.165, 1.54) is 19.3 Å². The number of carbonyl (C=O) groups is 2. The second kappa shape index (κ2) is 11.9. The molecule has 0 aromatic heterocycles. The number of likely N-dealkylation sites (tertiary alicyclic amines) is 1. The molecule has 2 aromatic carbocycles. The summed E-state index contributed by atoms with van der Waals surface area (Å²) in [6.07, 6.45) is 7.45. The van der Waals surface area contributed by atoms with Crippen molar-refractivity contribution in [3.05, 3.63) is 60.2 Å². The summed E-state index contributed by atoms with van der Waals surface area (Å²) in [6.45, 7) is 1.48. The first-order valence-electron chi connectivity index (χ1n) is 12.4. The summed E-state index contributed by atoms with van der Waals surface area (Å²) in [5, 5.41) is 9.36. The van der Waals surface area contributed by atoms with Crippen LogP contribution in [-0.4, -0.2) is 49.1 Å². The highest BCUT2D eigenvalue weighted by Crippen LogP contribution is 2.27. The minimum Gasteiger partial charge on any atom is -0.497 e. The van der Waals surface area contributed by atoms with Crippen LogP contribution in [0.3, 0.4) is 0 Å². The lowest BCUT2D eigenvalue weighted by atomic mass is 9.95. The maximum Gasteiger partial charge on any atom is 0.315 e. The van der Waals surface area contributed by atoms with Gasteiger partial charge in [-0.15, -0.1) is 0 Å². The van der Waals surface area contributed by atoms with Crippen molar-refractivity contribution in [3.8, 4) is 5.75 Å². The van der Waals surface area contributed by atoms with Crippen molar-refractivity contribution in [2.75, 3.05) is 25.5 Å². The molecule has 34 heavy (non-hydrogen) atoms. The number of piperidine rings is 1. The number of nitrogens with zero attached hydrogens (tertiary/aromatic N) is 1. The first kappa shape index (κ1) is 24.1. The van der Waals surface area contributed by atoms with Crippen LogP contribution >= 0.6 is 0 Å². The average molecular weight is 465 g/mol. The molecule has 0 bridgehead atoms. The molecule has 0 radical (unpaired) electrons. The third-order valence-electron chi connectivity index (χ3n) is 6.89. The van der Waals surface area contributed by atoms with E-state index in [2.05, 4.69) is 20.9 Å². The summed E-state index contributed by atoms with van der Waals surface area (Å²) < 4.78 is 5.21. The Morgan fingerprint density at radius 3 is 2.09 bits per heavy atom. The lowest BCUT2D eigenvalue weighted by molar-refractivity contribution is -0.122. The molecule has 1 atom stereocenters. The van der Waals surface area contributed by atoms with Gasteiger partial charge in [-0.05, 0) is 55.5 Å². The highest BCUT2D eigenvalue weighted by atomic mass is 16.5. The van der Waals surface area contributed by atoms with Crippen molar-refractivity contribution in [2.24, 2.45) is 0 Å². The summed E-state index contributed by atoms with van der Waals surface area (Å²) >= 11 is 0. The third kappa shape index (κ3) is 6.50. The first-order chi connectivity index (χ1) is 16.6. The molecular weight excluding hydrogens is 428 g/mol. The number of hydrogen-bond acceptors (Lipinski definition) is 4. The molecular formula is C27H36N4O3. The fraction of sp³-hybridized carbons (Fsp3) is 0.481. The van der Waals surface area contributed by atoms with Crippen LogP contribution in [0.2, 0.25) is 0 Å². The van der Waals surface area contributed by atoms with Crippen molar-refractivity contribution in [1.82, 2.24) is 15.5 Å². The largest absolute Gasteiger partial charge is 0.497 e. The minimum absolute atomic E-state index is 0.0535. The number of methoxy groups -OCH3 is 1. The SMILES string of the molecule is COc1ccc(NC(=O)C(c2ccccc2)N2CCC(NC(=O)NC3CCCCC3)CC2)cc1. The van der Waals surface area contributed by atoms with E-state index >= 15 is 0 Å². The van der Waals surface area contributed by atoms with Gasteiger partial charge in [0.2, 0.25) is 5.91 Å². The molecule has 2 aliphatic rings. The van der Waals surface area contributed by atoms with Gasteiger partial charge in [0, 0.05) is 30.9 Å². The molecule has 0 spiro atoms. The van der Waals surface area contributed by atoms with Crippen molar-refractivity contribution in [2.45, 2.75) is 63.1 Å². The second-order valence-electron chi connectivity index (χ2n) is 9.29. The Morgan fingerprint density at radius 2 is 1.47 bits per heavy atom. The normalized spacial score (nSPS) is 18.6. The summed E-state index contributed by atoms with van der Waals surface area (Å²) in [7, 11) is 1.62. The van der Waals surface area contributed by atoms with E-state index in [1.807, 2.05) is 54.6 Å². The third-order valence-corrected chi connectivity index (χ3v) is 6.89. The van der Waals surface area contributed by atoms with Gasteiger partial charge in [0.05, 0.1) is 7.11 Å². The fourth-order valence-corrected chi connectivity index (χ4v) is 5.01. The van der Waals surface area contributed by atoms with Crippen LogP contribution in [-0.2, 0) is 4.79 Å². The van der Waals surface area contributed by atoms with E-state index in [1.54, 1.807) is 7.11 Å². The van der Waals surface area contributed by atoms with Crippen LogP contribution in [0.15, 0.2) is 54.6 Å². The van der Waals surface area contributed by atoms with Gasteiger partial charge in [-0.3, -0.25) is 9.69 Å². The number of benzene rings is 2. The van der Waals surface area contributed by atoms with Gasteiger partial charge in [-0.1, -0.05) is 49.6 Å². The Balaban J connectivity index is 1.35. The molecule has 1 saturated heterocycles. The second-order valence-corrected chi connectivity index (χ2v) is 9.29. The smallest absolute Gasteiger partial charge is 0.315 e. The topological polar surface area (TPSA) is 82.7 Å². The van der Waals surface area contributed by atoms with Gasteiger partial charge >= 0.3 is 6.03 Å². The summed E-state index contributed by atoms with van der Waals surface area (Å²) in [5.41, 5.74) is 1.71. The van der Waals surface area contributed by atoms with Gasteiger partial charge in [0.15, 0.2) is 0 Å². The van der Waals surface area contributed by atoms with Crippen molar-refractivity contribution in [1.29, 1.82) is 0 Å². The molecule has 1 aliphatic heterocycles. The maximum absolute atomic E-state index is 13.4. The van der Waals surface area contributed by atoms with Gasteiger partial charge in [-0.25, -0.2) is 4.79 Å². The molecule has 4 rings (SSSR count). The Kier molecular flexibility index (Phi) is 8.41. The molecule has 1 heterocycles. The Morgan fingerprint density at radius 1 is 0.853 bits per heavy atom. The number of amides is 3. The Labute approximate surface area is 202 Å². The van der Waals surface area contributed by atoms with E-state index in [0.29, 0.717) is 6.04 Å². The average Bonchev–Trinajstić information content (AvgIpc) is 2.87. The van der Waals surface area contributed by atoms with E-state index in [-0.39, 0.29) is 24.0 Å². The number of ether oxygens (including phenoxy) is 1. The van der Waals surface area contributed by atoms with Crippen LogP contribution in [0.25, 0.3) is 0 Å². The zero-order valence-corrected chi connectivity index (χ0v) is 20.0. The number of carbonyl (C=O) groups excluding carboxylic acids is 2. The van der Waals surface area contributed by atoms with E-state index in [9.17, 15) is 9.59 Å². The lowest BCUT2D eigenvalue weighted by Crippen LogP contribution is -2.51. The van der Waals surface area contributed by atoms with E-state index in [4.69, 9.17) is 4.74 Å². The van der Waals surface area contributed by atoms with Crippen LogP contribution in [0, 0.1) is 0 Å². The molecule has 1 aliphatic carbocycles. The summed E-state index contributed by atoms with van der Waals surface area (Å²) in [6, 6.07) is 17.2. The highest BCUT2D eigenvalue weighted by molar-refractivity contribution is 5.95. The molecule has 2 aromatic rings. The van der Waals surface area contributed by atoms with Crippen LogP contribution < -0.4 is 20.7 Å². The standard InChI is InChI=1S/C27H36N4O3/c1-34-24-14-12-22(13-15-24)28-26(32)25(20-8-4-2-5-9-20)31-18-16-23(17-19-31)30-27(33)29-21-10-6-3-7-11-21/h2,4-5,8-9,12-15,21,23,25H,3,6-7,10-11,16-19H2,1H3,(H,28,32)(H2,29,30,33). The molecule has 3 amide bonds. The monoisotopic (exact) mass is 464 g/mol. The zero-order valence-electron chi connectivity index (χ0n) is 20.0. The lowest BCUT2D eigenvalue weighted by Gasteiger charge is -2.37. The van der Waals surface area contributed by atoms with E-state index < -0.39 is 0 Å². The van der Waals surface area contributed by atoms with Crippen molar-refractivity contribution >= 4 is 17.6 Å². The molecule has 7 nitrogen and oxygen atoms in total. The number of anilines is 1. The van der Waals surface area contributed by atoms with Crippen molar-refractivity contribution < 1.29 is 14.3 Å². The Bertz CT molecular complexity index is 921. The van der Waals surface area contributed by atoms with Gasteiger partial charge in [-0.2, -0.15) is 0 Å². The number of hydrogen-bond donors (Lipinski definition) is 3. The van der Waals surface area contributed by atoms with Gasteiger partial charge < -0.3 is 20.7 Å². The summed E-state index contributed by atoms with van der Waals surface area (Å²) in [4.78, 5) is 28.1. The molecule has 1 unspecified atom stereocenters. The highest BCUT2D eigenvalue weighted by Gasteiger charge is 2.32. The fourth-order valence-electron chi connectivity index (χ4n) is 5.01. The van der Waals surface area contributed by atoms with E-state index in [0.717, 1.165) is 55.8 Å². The van der Waals surface area contributed by atoms with Gasteiger partial charge in [0.1, 0.15) is 11.8 Å². The van der Waals surface area contributed by atoms with Crippen molar-refractivity contribution in [3.63, 3.8) is 0 Å². The quantitative estimate of drug-likeness (QED) is 0.565. The predicted octanol–water partition coefficient (Wildman–Crippen LogP) is 4.47. The van der Waals surface area contributed by atoms with Crippen LogP contribution in [0.1, 0.15) is 56.6 Å². The molecule has 7 heteroatoms. The predicted molar refractivity (Wildman–Crippen MR) is 134 cm³/mol. The number of nitrogens with one attached hydrogen (secondary N) is 3. The molecule has 3 N–H and O–H groups in total. The maximum atomic E-state index is 13.4. The Hall–Kier alpha value is -3.06. The minimum atomic E-state index is -0.389. The number of urea groups is 1. The summed E-state index contributed by atoms with van der Waals surface area (Å²) in [5.74, 6) is 0.692. The molecule has 2 fully saturated rings. The molecule has 1 saturated carbocycles. The molecule has 182 valence electrons. The first-order valence-corrected chi connectivity index (χ1v) is 12.4. The van der Waals surface area contributed by atoms with Crippen LogP contribution in [0.4, 0.5) is 10.5 Å².